The van der Waals surface area contributed by atoms with Gasteiger partial charge in [0.15, 0.2) is 5.16 Å². The van der Waals surface area contributed by atoms with Gasteiger partial charge in [0.1, 0.15) is 11.6 Å². The average molecular weight is 306 g/mol. The number of hydrogen-bond acceptors (Lipinski definition) is 4. The maximum Gasteiger partial charge on any atom is 0.196 e. The van der Waals surface area contributed by atoms with Crippen LogP contribution in [0.25, 0.3) is 0 Å². The molecule has 0 saturated heterocycles. The molecule has 2 aromatic rings. The number of fused-ring (bicyclic) bond motifs is 1. The Labute approximate surface area is 127 Å². The second-order valence-electron chi connectivity index (χ2n) is 5.44. The lowest BCUT2D eigenvalue weighted by Gasteiger charge is -2.09. The van der Waals surface area contributed by atoms with E-state index in [4.69, 9.17) is 5.73 Å². The van der Waals surface area contributed by atoms with Crippen LogP contribution in [0.4, 0.5) is 4.39 Å². The normalized spacial score (nSPS) is 16.3. The fourth-order valence-electron chi connectivity index (χ4n) is 2.52. The van der Waals surface area contributed by atoms with Gasteiger partial charge in [-0.05, 0) is 49.2 Å². The third kappa shape index (κ3) is 3.11. The van der Waals surface area contributed by atoms with E-state index in [1.807, 2.05) is 13.0 Å². The number of aryl methyl sites for hydroxylation is 1. The highest BCUT2D eigenvalue weighted by molar-refractivity contribution is 7.99. The molecule has 21 heavy (non-hydrogen) atoms. The van der Waals surface area contributed by atoms with Crippen LogP contribution >= 0.6 is 11.8 Å². The van der Waals surface area contributed by atoms with Crippen LogP contribution in [0.3, 0.4) is 0 Å². The van der Waals surface area contributed by atoms with Gasteiger partial charge >= 0.3 is 0 Å². The van der Waals surface area contributed by atoms with E-state index in [0.717, 1.165) is 42.4 Å². The van der Waals surface area contributed by atoms with Crippen molar-refractivity contribution in [2.45, 2.75) is 55.2 Å². The van der Waals surface area contributed by atoms with E-state index >= 15 is 0 Å². The van der Waals surface area contributed by atoms with Crippen molar-refractivity contribution in [1.82, 2.24) is 14.8 Å². The predicted molar refractivity (Wildman–Crippen MR) is 80.7 cm³/mol. The molecule has 4 nitrogen and oxygen atoms in total. The summed E-state index contributed by atoms with van der Waals surface area (Å²) in [6.45, 7) is 2.77. The molecule has 1 aliphatic rings. The Bertz CT molecular complexity index is 639. The summed E-state index contributed by atoms with van der Waals surface area (Å²) in [6.07, 6.45) is 4.45. The molecule has 1 atom stereocenters. The second kappa shape index (κ2) is 6.15. The second-order valence-corrected chi connectivity index (χ2v) is 6.45. The molecule has 2 N–H and O–H groups in total. The Balaban J connectivity index is 1.85. The molecule has 0 spiro atoms. The van der Waals surface area contributed by atoms with Crippen LogP contribution in [-0.2, 0) is 13.0 Å². The number of halogens is 1. The Morgan fingerprint density at radius 1 is 1.29 bits per heavy atom. The van der Waals surface area contributed by atoms with Crippen molar-refractivity contribution in [2.75, 3.05) is 0 Å². The molecule has 0 fully saturated rings. The quantitative estimate of drug-likeness (QED) is 0.945. The van der Waals surface area contributed by atoms with Crippen LogP contribution in [0.15, 0.2) is 28.3 Å². The molecule has 112 valence electrons. The maximum absolute atomic E-state index is 14.2. The van der Waals surface area contributed by atoms with Gasteiger partial charge < -0.3 is 10.3 Å². The summed E-state index contributed by atoms with van der Waals surface area (Å²) in [4.78, 5) is 0.568. The first-order valence-electron chi connectivity index (χ1n) is 7.30. The zero-order chi connectivity index (χ0) is 14.8. The Hall–Kier alpha value is -1.40. The van der Waals surface area contributed by atoms with Crippen LogP contribution < -0.4 is 5.73 Å². The van der Waals surface area contributed by atoms with E-state index in [-0.39, 0.29) is 11.9 Å². The molecule has 2 heterocycles. The van der Waals surface area contributed by atoms with E-state index in [0.29, 0.717) is 4.90 Å². The number of nitrogens with zero attached hydrogens (tertiary/aromatic N) is 3. The molecule has 1 aromatic carbocycles. The van der Waals surface area contributed by atoms with Crippen LogP contribution in [-0.4, -0.2) is 14.8 Å². The molecule has 0 unspecified atom stereocenters. The fraction of sp³-hybridized carbons (Fsp3) is 0.467. The maximum atomic E-state index is 14.2. The van der Waals surface area contributed by atoms with Gasteiger partial charge in [0.05, 0.1) is 4.90 Å². The Morgan fingerprint density at radius 2 is 2.14 bits per heavy atom. The summed E-state index contributed by atoms with van der Waals surface area (Å²) in [5.41, 5.74) is 6.58. The Kier molecular flexibility index (Phi) is 4.26. The van der Waals surface area contributed by atoms with Crippen LogP contribution in [0.1, 0.15) is 43.6 Å². The highest BCUT2D eigenvalue weighted by atomic mass is 32.2. The minimum atomic E-state index is -0.249. The third-order valence-corrected chi connectivity index (χ3v) is 4.79. The summed E-state index contributed by atoms with van der Waals surface area (Å²) in [7, 11) is 0. The van der Waals surface area contributed by atoms with Gasteiger partial charge in [-0.3, -0.25) is 0 Å². The predicted octanol–water partition coefficient (Wildman–Crippen LogP) is 3.31. The van der Waals surface area contributed by atoms with Crippen LogP contribution in [0.2, 0.25) is 0 Å². The SMILES string of the molecule is C[C@H](N)c1ccc(Sc2nnc3n2CCCCC3)c(F)c1. The van der Waals surface area contributed by atoms with Crippen LogP contribution in [0.5, 0.6) is 0 Å². The molecule has 0 radical (unpaired) electrons. The van der Waals surface area contributed by atoms with Gasteiger partial charge in [0, 0.05) is 19.0 Å². The van der Waals surface area contributed by atoms with E-state index in [1.165, 1.54) is 24.2 Å². The van der Waals surface area contributed by atoms with Crippen molar-refractivity contribution < 1.29 is 4.39 Å². The average Bonchev–Trinajstić information content (AvgIpc) is 2.69. The fourth-order valence-corrected chi connectivity index (χ4v) is 3.39. The lowest BCUT2D eigenvalue weighted by molar-refractivity contribution is 0.584. The first-order chi connectivity index (χ1) is 10.1. The zero-order valence-corrected chi connectivity index (χ0v) is 12.9. The molecular formula is C15H19FN4S. The summed E-state index contributed by atoms with van der Waals surface area (Å²) in [5.74, 6) is 0.767. The van der Waals surface area contributed by atoms with Crippen molar-refractivity contribution in [3.05, 3.63) is 35.4 Å². The molecule has 0 aliphatic carbocycles. The van der Waals surface area contributed by atoms with Crippen molar-refractivity contribution in [1.29, 1.82) is 0 Å². The molecule has 0 saturated carbocycles. The molecule has 6 heteroatoms. The topological polar surface area (TPSA) is 56.7 Å². The van der Waals surface area contributed by atoms with Crippen LogP contribution in [0, 0.1) is 5.82 Å². The van der Waals surface area contributed by atoms with Gasteiger partial charge in [-0.2, -0.15) is 0 Å². The summed E-state index contributed by atoms with van der Waals surface area (Å²) >= 11 is 1.34. The molecule has 0 bridgehead atoms. The smallest absolute Gasteiger partial charge is 0.196 e. The lowest BCUT2D eigenvalue weighted by atomic mass is 10.1. The minimum Gasteiger partial charge on any atom is -0.324 e. The monoisotopic (exact) mass is 306 g/mol. The van der Waals surface area contributed by atoms with Crippen molar-refractivity contribution in [3.8, 4) is 0 Å². The van der Waals surface area contributed by atoms with E-state index < -0.39 is 0 Å². The number of aromatic nitrogens is 3. The van der Waals surface area contributed by atoms with Gasteiger partial charge in [0.25, 0.3) is 0 Å². The highest BCUT2D eigenvalue weighted by Crippen LogP contribution is 2.31. The summed E-state index contributed by atoms with van der Waals surface area (Å²) in [5, 5.41) is 9.23. The van der Waals surface area contributed by atoms with Gasteiger partial charge in [-0.25, -0.2) is 4.39 Å². The highest BCUT2D eigenvalue weighted by Gasteiger charge is 2.17. The van der Waals surface area contributed by atoms with Gasteiger partial charge in [-0.15, -0.1) is 10.2 Å². The summed E-state index contributed by atoms with van der Waals surface area (Å²) < 4.78 is 16.3. The third-order valence-electron chi connectivity index (χ3n) is 3.76. The first-order valence-corrected chi connectivity index (χ1v) is 8.12. The molecule has 1 aliphatic heterocycles. The molecule has 1 aromatic heterocycles. The largest absolute Gasteiger partial charge is 0.324 e. The van der Waals surface area contributed by atoms with Crippen molar-refractivity contribution in [3.63, 3.8) is 0 Å². The number of nitrogens with two attached hydrogens (primary N) is 1. The number of rotatable bonds is 3. The first kappa shape index (κ1) is 14.5. The lowest BCUT2D eigenvalue weighted by Crippen LogP contribution is -2.05. The molecule has 3 rings (SSSR count). The van der Waals surface area contributed by atoms with E-state index in [1.54, 1.807) is 6.07 Å². The number of benzene rings is 1. The van der Waals surface area contributed by atoms with Gasteiger partial charge in [0.2, 0.25) is 0 Å². The molecular weight excluding hydrogens is 287 g/mol. The zero-order valence-electron chi connectivity index (χ0n) is 12.1. The van der Waals surface area contributed by atoms with Crippen molar-refractivity contribution in [2.24, 2.45) is 5.73 Å². The number of hydrogen-bond donors (Lipinski definition) is 1. The standard InChI is InChI=1S/C15H19FN4S/c1-10(17)11-6-7-13(12(16)9-11)21-15-19-18-14-5-3-2-4-8-20(14)15/h6-7,9-10H,2-5,8,17H2,1H3/t10-/m0/s1. The van der Waals surface area contributed by atoms with Gasteiger partial charge in [-0.1, -0.05) is 12.5 Å². The minimum absolute atomic E-state index is 0.164. The Morgan fingerprint density at radius 3 is 2.90 bits per heavy atom. The van der Waals surface area contributed by atoms with E-state index in [2.05, 4.69) is 14.8 Å². The molecule has 0 amide bonds. The summed E-state index contributed by atoms with van der Waals surface area (Å²) in [6, 6.07) is 4.99. The van der Waals surface area contributed by atoms with Crippen molar-refractivity contribution >= 4 is 11.8 Å². The van der Waals surface area contributed by atoms with E-state index in [9.17, 15) is 4.39 Å².